The molecule has 58 heavy (non-hydrogen) atoms. The lowest BCUT2D eigenvalue weighted by molar-refractivity contribution is -0.231. The Morgan fingerprint density at radius 1 is 0.948 bits per heavy atom. The largest absolute Gasteiger partial charge is 0.508 e. The minimum atomic E-state index is 0.00654. The molecule has 2 heterocycles. The Balaban J connectivity index is 0.846. The van der Waals surface area contributed by atoms with E-state index in [-0.39, 0.29) is 16.4 Å². The monoisotopic (exact) mass is 782 g/mol. The van der Waals surface area contributed by atoms with E-state index >= 15 is 0 Å². The number of rotatable bonds is 11. The molecule has 4 heteroatoms. The lowest BCUT2D eigenvalue weighted by Gasteiger charge is -2.74. The molecular formula is C54H71NO3. The van der Waals surface area contributed by atoms with E-state index in [1.165, 1.54) is 107 Å². The number of benzene rings is 2. The van der Waals surface area contributed by atoms with Crippen molar-refractivity contribution in [3.05, 3.63) is 83.0 Å². The molecule has 2 aliphatic heterocycles. The van der Waals surface area contributed by atoms with Crippen molar-refractivity contribution in [2.45, 2.75) is 147 Å². The van der Waals surface area contributed by atoms with Crippen LogP contribution in [0.3, 0.4) is 0 Å². The Labute approximate surface area is 349 Å². The molecule has 1 unspecified atom stereocenters. The average Bonchev–Trinajstić information content (AvgIpc) is 3.38. The number of hydrogen-bond acceptors (Lipinski definition) is 4. The molecule has 310 valence electrons. The van der Waals surface area contributed by atoms with E-state index < -0.39 is 0 Å². The highest BCUT2D eigenvalue weighted by atomic mass is 16.5. The number of aliphatic hydroxyl groups is 1. The van der Waals surface area contributed by atoms with Gasteiger partial charge in [-0.25, -0.2) is 0 Å². The number of hydrogen-bond donors (Lipinski definition) is 2. The first-order valence-electron chi connectivity index (χ1n) is 24.1. The first-order valence-corrected chi connectivity index (χ1v) is 24.1. The van der Waals surface area contributed by atoms with Gasteiger partial charge in [0.2, 0.25) is 0 Å². The summed E-state index contributed by atoms with van der Waals surface area (Å²) in [6.45, 7) is 13.8. The molecule has 1 saturated heterocycles. The number of fused-ring (bicyclic) bond motifs is 3. The third-order valence-corrected chi connectivity index (χ3v) is 20.2. The highest BCUT2D eigenvalue weighted by Crippen LogP contribution is 2.90. The summed E-state index contributed by atoms with van der Waals surface area (Å²) in [5, 5.41) is 22.2. The Morgan fingerprint density at radius 3 is 2.71 bits per heavy atom. The van der Waals surface area contributed by atoms with Gasteiger partial charge in [-0.15, -0.1) is 0 Å². The second-order valence-electron chi connectivity index (χ2n) is 21.8. The van der Waals surface area contributed by atoms with E-state index in [1.54, 1.807) is 5.57 Å². The second kappa shape index (κ2) is 13.4. The van der Waals surface area contributed by atoms with Gasteiger partial charge >= 0.3 is 0 Å². The molecule has 0 aromatic heterocycles. The van der Waals surface area contributed by atoms with Gasteiger partial charge in [0.15, 0.2) is 0 Å². The highest BCUT2D eigenvalue weighted by molar-refractivity contribution is 5.88. The van der Waals surface area contributed by atoms with Crippen LogP contribution in [0.1, 0.15) is 147 Å². The Hall–Kier alpha value is -2.66. The van der Waals surface area contributed by atoms with Gasteiger partial charge in [0.1, 0.15) is 5.75 Å². The number of ether oxygens (including phenoxy) is 1. The summed E-state index contributed by atoms with van der Waals surface area (Å²) in [4.78, 5) is 3.13. The summed E-state index contributed by atoms with van der Waals surface area (Å²) in [6.07, 6.45) is 36.2. The van der Waals surface area contributed by atoms with E-state index in [0.717, 1.165) is 55.6 Å². The van der Waals surface area contributed by atoms with Crippen LogP contribution in [0.15, 0.2) is 71.9 Å². The van der Waals surface area contributed by atoms with Crippen molar-refractivity contribution in [3.63, 3.8) is 0 Å². The van der Waals surface area contributed by atoms with E-state index in [4.69, 9.17) is 4.74 Å². The molecule has 0 amide bonds. The zero-order valence-electron chi connectivity index (χ0n) is 36.2. The number of aromatic hydroxyl groups is 1. The molecule has 2 aromatic rings. The second-order valence-corrected chi connectivity index (χ2v) is 21.8. The summed E-state index contributed by atoms with van der Waals surface area (Å²) < 4.78 is 6.74. The summed E-state index contributed by atoms with van der Waals surface area (Å²) in [5.41, 5.74) is 7.95. The zero-order chi connectivity index (χ0) is 39.7. The van der Waals surface area contributed by atoms with Crippen molar-refractivity contribution >= 4 is 16.8 Å². The van der Waals surface area contributed by atoms with Crippen LogP contribution in [0.25, 0.3) is 16.8 Å². The first kappa shape index (κ1) is 38.3. The van der Waals surface area contributed by atoms with Crippen LogP contribution in [0, 0.1) is 51.2 Å². The SMILES string of the molecule is CC[C@H]1c2cc3ccc(O)cc3cc2C=C[C@@H]1CCCOCC[C@@H]1CCC[C@]12C[C@@H](C)[C@]13CCC(C)=C1C[C@]21[C@@]2(C=CC[C@@]13C)C=C[C@H]1[C@H](CCCO)CC[C@]13CN32. The van der Waals surface area contributed by atoms with Gasteiger partial charge in [-0.05, 0) is 190 Å². The molecule has 5 fully saturated rings. The van der Waals surface area contributed by atoms with Crippen molar-refractivity contribution in [2.24, 2.45) is 51.2 Å². The van der Waals surface area contributed by atoms with Crippen LogP contribution >= 0.6 is 0 Å². The van der Waals surface area contributed by atoms with Crippen LogP contribution in [0.2, 0.25) is 0 Å². The van der Waals surface area contributed by atoms with Crippen LogP contribution < -0.4 is 0 Å². The number of allylic oxidation sites excluding steroid dienone is 4. The topological polar surface area (TPSA) is 52.7 Å². The maximum Gasteiger partial charge on any atom is 0.116 e. The van der Waals surface area contributed by atoms with Gasteiger partial charge in [0.25, 0.3) is 0 Å². The molecule has 4 spiro atoms. The van der Waals surface area contributed by atoms with Crippen molar-refractivity contribution in [2.75, 3.05) is 26.4 Å². The van der Waals surface area contributed by atoms with Gasteiger partial charge in [-0.2, -0.15) is 0 Å². The van der Waals surface area contributed by atoms with Crippen molar-refractivity contribution in [3.8, 4) is 5.75 Å². The third kappa shape index (κ3) is 4.70. The number of aliphatic hydroxyl groups excluding tert-OH is 1. The number of nitrogens with zero attached hydrogens (tertiary/aromatic N) is 1. The highest BCUT2D eigenvalue weighted by Gasteiger charge is 2.87. The van der Waals surface area contributed by atoms with Crippen LogP contribution in [-0.4, -0.2) is 52.6 Å². The van der Waals surface area contributed by atoms with Gasteiger partial charge < -0.3 is 14.9 Å². The van der Waals surface area contributed by atoms with Crippen molar-refractivity contribution in [1.82, 2.24) is 4.90 Å². The van der Waals surface area contributed by atoms with Gasteiger partial charge in [-0.1, -0.05) is 86.9 Å². The van der Waals surface area contributed by atoms with Crippen LogP contribution in [0.4, 0.5) is 0 Å². The normalized spacial score (nSPS) is 44.9. The average molecular weight is 782 g/mol. The molecule has 0 radical (unpaired) electrons. The molecule has 11 rings (SSSR count). The summed E-state index contributed by atoms with van der Waals surface area (Å²) in [7, 11) is 0. The van der Waals surface area contributed by atoms with E-state index in [1.807, 2.05) is 17.7 Å². The minimum Gasteiger partial charge on any atom is -0.508 e. The van der Waals surface area contributed by atoms with Crippen molar-refractivity contribution < 1.29 is 14.9 Å². The molecule has 4 nitrogen and oxygen atoms in total. The Bertz CT molecular complexity index is 2110. The molecule has 9 aliphatic rings. The van der Waals surface area contributed by atoms with Crippen molar-refractivity contribution in [1.29, 1.82) is 0 Å². The van der Waals surface area contributed by atoms with Crippen LogP contribution in [-0.2, 0) is 4.74 Å². The Morgan fingerprint density at radius 2 is 1.84 bits per heavy atom. The van der Waals surface area contributed by atoms with Gasteiger partial charge in [0.05, 0.1) is 5.54 Å². The maximum absolute atomic E-state index is 10.1. The molecule has 2 bridgehead atoms. The van der Waals surface area contributed by atoms with Crippen LogP contribution in [0.5, 0.6) is 5.75 Å². The zero-order valence-corrected chi connectivity index (χ0v) is 36.2. The molecule has 7 aliphatic carbocycles. The van der Waals surface area contributed by atoms with E-state index in [0.29, 0.717) is 46.5 Å². The predicted octanol–water partition coefficient (Wildman–Crippen LogP) is 12.3. The quantitative estimate of drug-likeness (QED) is 0.135. The lowest BCUT2D eigenvalue weighted by atomic mass is 9.31. The summed E-state index contributed by atoms with van der Waals surface area (Å²) >= 11 is 0. The maximum atomic E-state index is 10.1. The minimum absolute atomic E-state index is 0.00654. The molecular weight excluding hydrogens is 711 g/mol. The van der Waals surface area contributed by atoms with E-state index in [9.17, 15) is 10.2 Å². The summed E-state index contributed by atoms with van der Waals surface area (Å²) in [5.74, 6) is 4.25. The standard InChI is InChI=1S/C54H71NO3/c1-5-45-38(13-14-41-30-42-31-44(57)16-15-40(42)32-46(41)45)11-8-28-58-29-20-43-12-6-22-50(43)33-37(3)53-26-17-36(2)48(53)34-54(50)49(53,4)21-9-23-52(54)25-19-47-39(10-7-27-56)18-24-51(47)35-55(51)52/h9,13-16,19,23,25,30-32,37-39,43,45,47,56-57H,5-8,10-12,17-18,20-22,24,26-29,33-35H2,1-4H3/t37-,38+,39-,43+,45-,47+,49-,50+,51+,52-,53-,54-,55?/m1/s1. The first-order chi connectivity index (χ1) is 28.1. The Kier molecular flexibility index (Phi) is 8.86. The predicted molar refractivity (Wildman–Crippen MR) is 237 cm³/mol. The van der Waals surface area contributed by atoms with E-state index in [2.05, 4.69) is 87.3 Å². The summed E-state index contributed by atoms with van der Waals surface area (Å²) in [6, 6.07) is 10.4. The molecule has 2 N–H and O–H groups in total. The lowest BCUT2D eigenvalue weighted by Crippen LogP contribution is -2.73. The number of phenolic OH excluding ortho intramolecular Hbond substituents is 1. The smallest absolute Gasteiger partial charge is 0.116 e. The molecule has 2 aromatic carbocycles. The van der Waals surface area contributed by atoms with Gasteiger partial charge in [-0.3, -0.25) is 4.90 Å². The molecule has 13 atom stereocenters. The fourth-order valence-electron chi connectivity index (χ4n) is 18.2. The fraction of sp³-hybridized carbons (Fsp3) is 0.667. The van der Waals surface area contributed by atoms with Gasteiger partial charge in [0, 0.05) is 42.7 Å². The molecule has 4 saturated carbocycles. The fourth-order valence-corrected chi connectivity index (χ4v) is 18.2. The third-order valence-electron chi connectivity index (χ3n) is 20.2. The number of phenols is 1.